The average Bonchev–Trinajstić information content (AvgIpc) is 3.02. The summed E-state index contributed by atoms with van der Waals surface area (Å²) in [7, 11) is 0. The van der Waals surface area contributed by atoms with Gasteiger partial charge in [0.05, 0.1) is 22.8 Å². The van der Waals surface area contributed by atoms with Gasteiger partial charge in [-0.1, -0.05) is 25.1 Å². The number of carbonyl (C=O) groups is 2. The third-order valence-electron chi connectivity index (χ3n) is 4.14. The summed E-state index contributed by atoms with van der Waals surface area (Å²) in [6.07, 6.45) is 2.53. The van der Waals surface area contributed by atoms with Crippen LogP contribution >= 0.6 is 11.8 Å². The molecule has 1 fully saturated rings. The Morgan fingerprint density at radius 2 is 1.97 bits per heavy atom. The number of phenols is 1. The van der Waals surface area contributed by atoms with Gasteiger partial charge in [0, 0.05) is 6.54 Å². The Morgan fingerprint density at radius 1 is 1.21 bits per heavy atom. The minimum absolute atomic E-state index is 0.122. The van der Waals surface area contributed by atoms with Crippen molar-refractivity contribution in [3.8, 4) is 5.75 Å². The number of nitrogens with zero attached hydrogens (tertiary/aromatic N) is 2. The zero-order chi connectivity index (χ0) is 20.8. The molecule has 0 unspecified atom stereocenters. The van der Waals surface area contributed by atoms with Crippen LogP contribution in [0.5, 0.6) is 5.75 Å². The first-order valence-electron chi connectivity index (χ1n) is 9.38. The molecule has 0 atom stereocenters. The maximum Gasteiger partial charge on any atom is 0.338 e. The van der Waals surface area contributed by atoms with Crippen LogP contribution < -0.4 is 0 Å². The zero-order valence-electron chi connectivity index (χ0n) is 16.3. The number of ether oxygens (including phenoxy) is 1. The summed E-state index contributed by atoms with van der Waals surface area (Å²) in [5, 5.41) is 9.97. The number of thioether (sulfide) groups is 1. The highest BCUT2D eigenvalue weighted by molar-refractivity contribution is 8.18. The summed E-state index contributed by atoms with van der Waals surface area (Å²) < 4.78 is 5.17. The van der Waals surface area contributed by atoms with E-state index >= 15 is 0 Å². The number of amides is 1. The molecule has 1 saturated heterocycles. The number of hydrogen-bond donors (Lipinski definition) is 1. The van der Waals surface area contributed by atoms with E-state index in [4.69, 9.17) is 4.74 Å². The van der Waals surface area contributed by atoms with Crippen molar-refractivity contribution in [3.63, 3.8) is 0 Å². The van der Waals surface area contributed by atoms with Gasteiger partial charge in [-0.2, -0.15) is 0 Å². The molecule has 1 aliphatic rings. The van der Waals surface area contributed by atoms with Crippen molar-refractivity contribution >= 4 is 40.6 Å². The van der Waals surface area contributed by atoms with E-state index < -0.39 is 0 Å². The fourth-order valence-corrected chi connectivity index (χ4v) is 3.75. The third kappa shape index (κ3) is 5.06. The standard InChI is InChI=1S/C22H22N2O4S/c1-3-12-28-21(27)16-6-5-7-17(14-16)23-22-24(4-2)20(26)19(29-22)13-15-8-10-18(25)11-9-15/h5-11,13-14,25H,3-4,12H2,1-2H3/b19-13+,23-22?. The van der Waals surface area contributed by atoms with E-state index in [-0.39, 0.29) is 17.6 Å². The van der Waals surface area contributed by atoms with Crippen LogP contribution in [0.2, 0.25) is 0 Å². The first kappa shape index (κ1) is 20.7. The lowest BCUT2D eigenvalue weighted by Gasteiger charge is -2.12. The maximum absolute atomic E-state index is 12.7. The minimum Gasteiger partial charge on any atom is -0.508 e. The van der Waals surface area contributed by atoms with Gasteiger partial charge in [-0.25, -0.2) is 9.79 Å². The molecule has 0 spiro atoms. The summed E-state index contributed by atoms with van der Waals surface area (Å²) in [6, 6.07) is 13.5. The van der Waals surface area contributed by atoms with Crippen molar-refractivity contribution < 1.29 is 19.4 Å². The van der Waals surface area contributed by atoms with E-state index in [0.29, 0.717) is 34.5 Å². The second-order valence-electron chi connectivity index (χ2n) is 6.33. The molecule has 1 amide bonds. The molecular formula is C22H22N2O4S. The SMILES string of the molecule is CCCOC(=O)c1cccc(N=C2S/C(=C/c3ccc(O)cc3)C(=O)N2CC)c1. The molecule has 29 heavy (non-hydrogen) atoms. The first-order chi connectivity index (χ1) is 14.0. The van der Waals surface area contributed by atoms with Crippen LogP contribution in [0.4, 0.5) is 5.69 Å². The number of hydrogen-bond acceptors (Lipinski definition) is 6. The summed E-state index contributed by atoms with van der Waals surface area (Å²) in [4.78, 5) is 31.5. The molecule has 0 saturated carbocycles. The van der Waals surface area contributed by atoms with E-state index in [1.807, 2.05) is 13.8 Å². The topological polar surface area (TPSA) is 79.2 Å². The van der Waals surface area contributed by atoms with Crippen molar-refractivity contribution in [1.29, 1.82) is 0 Å². The Bertz CT molecular complexity index is 967. The number of esters is 1. The van der Waals surface area contributed by atoms with E-state index in [9.17, 15) is 14.7 Å². The second kappa shape index (κ2) is 9.43. The zero-order valence-corrected chi connectivity index (χ0v) is 17.1. The van der Waals surface area contributed by atoms with E-state index in [0.717, 1.165) is 12.0 Å². The number of phenolic OH excluding ortho intramolecular Hbond substituents is 1. The molecule has 2 aromatic rings. The highest BCUT2D eigenvalue weighted by Gasteiger charge is 2.32. The van der Waals surface area contributed by atoms with Gasteiger partial charge in [0.25, 0.3) is 5.91 Å². The summed E-state index contributed by atoms with van der Waals surface area (Å²) in [5.41, 5.74) is 1.82. The van der Waals surface area contributed by atoms with Crippen molar-refractivity contribution in [1.82, 2.24) is 4.90 Å². The fraction of sp³-hybridized carbons (Fsp3) is 0.227. The van der Waals surface area contributed by atoms with Gasteiger partial charge in [0.2, 0.25) is 0 Å². The molecule has 150 valence electrons. The van der Waals surface area contributed by atoms with Crippen LogP contribution in [0.1, 0.15) is 36.2 Å². The van der Waals surface area contributed by atoms with Crippen molar-refractivity contribution in [2.75, 3.05) is 13.2 Å². The molecule has 1 N–H and O–H groups in total. The van der Waals surface area contributed by atoms with Gasteiger partial charge in [-0.05, 0) is 67.1 Å². The summed E-state index contributed by atoms with van der Waals surface area (Å²) in [6.45, 7) is 4.68. The number of aliphatic imine (C=N–C) groups is 1. The Hall–Kier alpha value is -3.06. The highest BCUT2D eigenvalue weighted by Crippen LogP contribution is 2.34. The Labute approximate surface area is 173 Å². The predicted octanol–water partition coefficient (Wildman–Crippen LogP) is 4.58. The Balaban J connectivity index is 1.86. The third-order valence-corrected chi connectivity index (χ3v) is 5.15. The number of likely N-dealkylation sites (N-methyl/N-ethyl adjacent to an activating group) is 1. The van der Waals surface area contributed by atoms with Gasteiger partial charge in [0.15, 0.2) is 5.17 Å². The number of benzene rings is 2. The van der Waals surface area contributed by atoms with Crippen molar-refractivity contribution in [3.05, 3.63) is 64.6 Å². The molecule has 1 aliphatic heterocycles. The Kier molecular flexibility index (Phi) is 6.72. The number of carbonyl (C=O) groups excluding carboxylic acids is 2. The molecule has 0 aliphatic carbocycles. The summed E-state index contributed by atoms with van der Waals surface area (Å²) in [5.74, 6) is -0.334. The molecule has 0 bridgehead atoms. The average molecular weight is 410 g/mol. The molecule has 0 radical (unpaired) electrons. The smallest absolute Gasteiger partial charge is 0.338 e. The lowest BCUT2D eigenvalue weighted by molar-refractivity contribution is -0.122. The first-order valence-corrected chi connectivity index (χ1v) is 10.2. The molecule has 7 heteroatoms. The monoisotopic (exact) mass is 410 g/mol. The lowest BCUT2D eigenvalue weighted by atomic mass is 10.2. The van der Waals surface area contributed by atoms with E-state index in [1.54, 1.807) is 59.5 Å². The number of rotatable bonds is 6. The van der Waals surface area contributed by atoms with Crippen LogP contribution in [0.15, 0.2) is 58.4 Å². The summed E-state index contributed by atoms with van der Waals surface area (Å²) >= 11 is 1.28. The van der Waals surface area contributed by atoms with Crippen LogP contribution in [-0.2, 0) is 9.53 Å². The molecule has 3 rings (SSSR count). The van der Waals surface area contributed by atoms with Crippen LogP contribution in [-0.4, -0.2) is 40.2 Å². The quantitative estimate of drug-likeness (QED) is 0.557. The molecule has 1 heterocycles. The fourth-order valence-electron chi connectivity index (χ4n) is 2.68. The molecule has 0 aromatic heterocycles. The van der Waals surface area contributed by atoms with Gasteiger partial charge < -0.3 is 9.84 Å². The van der Waals surface area contributed by atoms with Crippen molar-refractivity contribution in [2.24, 2.45) is 4.99 Å². The van der Waals surface area contributed by atoms with Crippen molar-refractivity contribution in [2.45, 2.75) is 20.3 Å². The van der Waals surface area contributed by atoms with Gasteiger partial charge >= 0.3 is 5.97 Å². The normalized spacial score (nSPS) is 16.6. The number of aromatic hydroxyl groups is 1. The minimum atomic E-state index is -0.385. The van der Waals surface area contributed by atoms with Gasteiger partial charge in [-0.15, -0.1) is 0 Å². The second-order valence-corrected chi connectivity index (χ2v) is 7.34. The van der Waals surface area contributed by atoms with E-state index in [2.05, 4.69) is 4.99 Å². The molecular weight excluding hydrogens is 388 g/mol. The Morgan fingerprint density at radius 3 is 2.66 bits per heavy atom. The maximum atomic E-state index is 12.7. The van der Waals surface area contributed by atoms with E-state index in [1.165, 1.54) is 11.8 Å². The van der Waals surface area contributed by atoms with Gasteiger partial charge in [0.1, 0.15) is 5.75 Å². The molecule has 2 aromatic carbocycles. The lowest BCUT2D eigenvalue weighted by Crippen LogP contribution is -2.28. The van der Waals surface area contributed by atoms with Crippen LogP contribution in [0.3, 0.4) is 0 Å². The molecule has 6 nitrogen and oxygen atoms in total. The largest absolute Gasteiger partial charge is 0.508 e. The highest BCUT2D eigenvalue weighted by atomic mass is 32.2. The van der Waals surface area contributed by atoms with Crippen LogP contribution in [0.25, 0.3) is 6.08 Å². The van der Waals surface area contributed by atoms with Gasteiger partial charge in [-0.3, -0.25) is 9.69 Å². The predicted molar refractivity (Wildman–Crippen MR) is 115 cm³/mol. The van der Waals surface area contributed by atoms with Crippen LogP contribution in [0, 0.1) is 0 Å². The number of amidine groups is 1.